The maximum absolute atomic E-state index is 11.9. The first-order chi connectivity index (χ1) is 9.39. The largest absolute Gasteiger partial charge is 0.388 e. The summed E-state index contributed by atoms with van der Waals surface area (Å²) >= 11 is 0. The van der Waals surface area contributed by atoms with Crippen molar-refractivity contribution in [3.05, 3.63) is 0 Å². The van der Waals surface area contributed by atoms with E-state index in [2.05, 4.69) is 29.4 Å². The molecule has 20 heavy (non-hydrogen) atoms. The van der Waals surface area contributed by atoms with Gasteiger partial charge in [-0.25, -0.2) is 0 Å². The van der Waals surface area contributed by atoms with E-state index in [4.69, 9.17) is 0 Å². The molecule has 2 aliphatic rings. The second-order valence-corrected chi connectivity index (χ2v) is 7.19. The van der Waals surface area contributed by atoms with Crippen molar-refractivity contribution >= 4 is 5.91 Å². The lowest BCUT2D eigenvalue weighted by Crippen LogP contribution is -2.51. The number of nitrogens with zero attached hydrogens (tertiary/aromatic N) is 1. The SMILES string of the molecule is CC1(C)CCC(O)(CNC(=O)CN2CCNCC2)CC1. The van der Waals surface area contributed by atoms with Crippen molar-refractivity contribution in [3.63, 3.8) is 0 Å². The lowest BCUT2D eigenvalue weighted by Gasteiger charge is -2.40. The smallest absolute Gasteiger partial charge is 0.234 e. The Kier molecular flexibility index (Phi) is 5.04. The summed E-state index contributed by atoms with van der Waals surface area (Å²) in [4.78, 5) is 14.1. The van der Waals surface area contributed by atoms with E-state index >= 15 is 0 Å². The van der Waals surface area contributed by atoms with Gasteiger partial charge in [0.2, 0.25) is 5.91 Å². The molecule has 3 N–H and O–H groups in total. The van der Waals surface area contributed by atoms with E-state index < -0.39 is 5.60 Å². The number of hydrogen-bond acceptors (Lipinski definition) is 4. The average molecular weight is 283 g/mol. The van der Waals surface area contributed by atoms with Crippen molar-refractivity contribution < 1.29 is 9.90 Å². The fourth-order valence-electron chi connectivity index (χ4n) is 2.96. The number of rotatable bonds is 4. The molecule has 0 aromatic carbocycles. The van der Waals surface area contributed by atoms with Crippen LogP contribution in [-0.4, -0.2) is 60.8 Å². The van der Waals surface area contributed by atoms with Gasteiger partial charge in [0.1, 0.15) is 0 Å². The standard InChI is InChI=1S/C15H29N3O2/c1-14(2)3-5-15(20,6-4-14)12-17-13(19)11-18-9-7-16-8-10-18/h16,20H,3-12H2,1-2H3,(H,17,19). The van der Waals surface area contributed by atoms with Gasteiger partial charge in [-0.05, 0) is 31.1 Å². The molecular formula is C15H29N3O2. The van der Waals surface area contributed by atoms with Crippen LogP contribution < -0.4 is 10.6 Å². The van der Waals surface area contributed by atoms with Crippen LogP contribution in [0, 0.1) is 5.41 Å². The zero-order valence-electron chi connectivity index (χ0n) is 12.9. The number of nitrogens with one attached hydrogen (secondary N) is 2. The van der Waals surface area contributed by atoms with E-state index in [0.29, 0.717) is 18.5 Å². The lowest BCUT2D eigenvalue weighted by atomic mass is 9.71. The Hall–Kier alpha value is -0.650. The molecule has 0 spiro atoms. The summed E-state index contributed by atoms with van der Waals surface area (Å²) in [6.45, 7) is 9.08. The summed E-state index contributed by atoms with van der Waals surface area (Å²) in [7, 11) is 0. The Morgan fingerprint density at radius 2 is 1.80 bits per heavy atom. The van der Waals surface area contributed by atoms with Crippen LogP contribution in [0.5, 0.6) is 0 Å². The minimum Gasteiger partial charge on any atom is -0.388 e. The van der Waals surface area contributed by atoms with Gasteiger partial charge in [0, 0.05) is 32.7 Å². The molecule has 116 valence electrons. The number of carbonyl (C=O) groups excluding carboxylic acids is 1. The molecule has 1 aliphatic carbocycles. The topological polar surface area (TPSA) is 64.6 Å². The van der Waals surface area contributed by atoms with Gasteiger partial charge < -0.3 is 15.7 Å². The van der Waals surface area contributed by atoms with E-state index in [9.17, 15) is 9.90 Å². The Morgan fingerprint density at radius 1 is 1.20 bits per heavy atom. The molecule has 0 bridgehead atoms. The number of carbonyl (C=O) groups is 1. The Bertz CT molecular complexity index is 328. The molecule has 2 rings (SSSR count). The van der Waals surface area contributed by atoms with Gasteiger partial charge in [-0.1, -0.05) is 13.8 Å². The van der Waals surface area contributed by atoms with Crippen LogP contribution >= 0.6 is 0 Å². The molecule has 2 fully saturated rings. The van der Waals surface area contributed by atoms with Gasteiger partial charge in [-0.2, -0.15) is 0 Å². The third-order valence-electron chi connectivity index (χ3n) is 4.73. The first kappa shape index (κ1) is 15.7. The van der Waals surface area contributed by atoms with Crippen LogP contribution in [0.4, 0.5) is 0 Å². The molecule has 1 saturated heterocycles. The van der Waals surface area contributed by atoms with E-state index in [0.717, 1.165) is 51.9 Å². The van der Waals surface area contributed by atoms with Crippen molar-refractivity contribution in [2.45, 2.75) is 45.1 Å². The molecule has 0 unspecified atom stereocenters. The van der Waals surface area contributed by atoms with E-state index in [-0.39, 0.29) is 5.91 Å². The molecule has 0 aromatic rings. The first-order valence-corrected chi connectivity index (χ1v) is 7.81. The predicted molar refractivity (Wildman–Crippen MR) is 79.5 cm³/mol. The fourth-order valence-corrected chi connectivity index (χ4v) is 2.96. The Morgan fingerprint density at radius 3 is 2.40 bits per heavy atom. The fraction of sp³-hybridized carbons (Fsp3) is 0.933. The van der Waals surface area contributed by atoms with Crippen molar-refractivity contribution in [3.8, 4) is 0 Å². The molecule has 5 heteroatoms. The highest BCUT2D eigenvalue weighted by Gasteiger charge is 2.36. The number of piperazine rings is 1. The van der Waals surface area contributed by atoms with Gasteiger partial charge in [-0.15, -0.1) is 0 Å². The quantitative estimate of drug-likeness (QED) is 0.696. The summed E-state index contributed by atoms with van der Waals surface area (Å²) < 4.78 is 0. The van der Waals surface area contributed by atoms with Crippen molar-refractivity contribution in [1.29, 1.82) is 0 Å². The van der Waals surface area contributed by atoms with Gasteiger partial charge >= 0.3 is 0 Å². The maximum atomic E-state index is 11.9. The Labute approximate surface area is 122 Å². The van der Waals surface area contributed by atoms with Crippen molar-refractivity contribution in [2.75, 3.05) is 39.3 Å². The molecule has 1 amide bonds. The number of hydrogen-bond donors (Lipinski definition) is 3. The van der Waals surface area contributed by atoms with Gasteiger partial charge in [-0.3, -0.25) is 9.69 Å². The van der Waals surface area contributed by atoms with Crippen LogP contribution in [0.25, 0.3) is 0 Å². The molecule has 0 atom stereocenters. The minimum atomic E-state index is -0.700. The molecule has 5 nitrogen and oxygen atoms in total. The summed E-state index contributed by atoms with van der Waals surface area (Å²) in [5.74, 6) is 0.0326. The van der Waals surface area contributed by atoms with E-state index in [1.54, 1.807) is 0 Å². The molecule has 1 saturated carbocycles. The van der Waals surface area contributed by atoms with Gasteiger partial charge in [0.05, 0.1) is 12.1 Å². The van der Waals surface area contributed by atoms with Gasteiger partial charge in [0.25, 0.3) is 0 Å². The molecule has 0 radical (unpaired) electrons. The predicted octanol–water partition coefficient (Wildman–Crippen LogP) is 0.339. The summed E-state index contributed by atoms with van der Waals surface area (Å²) in [5, 5.41) is 16.7. The van der Waals surface area contributed by atoms with Crippen LogP contribution in [0.1, 0.15) is 39.5 Å². The zero-order chi connectivity index (χ0) is 14.6. The van der Waals surface area contributed by atoms with Gasteiger partial charge in [0.15, 0.2) is 0 Å². The van der Waals surface area contributed by atoms with E-state index in [1.165, 1.54) is 0 Å². The maximum Gasteiger partial charge on any atom is 0.234 e. The summed E-state index contributed by atoms with van der Waals surface area (Å²) in [5.41, 5.74) is -0.369. The summed E-state index contributed by atoms with van der Waals surface area (Å²) in [6.07, 6.45) is 3.62. The molecule has 0 aromatic heterocycles. The number of aliphatic hydroxyl groups is 1. The second-order valence-electron chi connectivity index (χ2n) is 7.19. The zero-order valence-corrected chi connectivity index (χ0v) is 12.9. The summed E-state index contributed by atoms with van der Waals surface area (Å²) in [6, 6.07) is 0. The van der Waals surface area contributed by atoms with Crippen LogP contribution in [0.15, 0.2) is 0 Å². The Balaban J connectivity index is 1.70. The van der Waals surface area contributed by atoms with Crippen molar-refractivity contribution in [2.24, 2.45) is 5.41 Å². The first-order valence-electron chi connectivity index (χ1n) is 7.81. The van der Waals surface area contributed by atoms with Crippen LogP contribution in [-0.2, 0) is 4.79 Å². The van der Waals surface area contributed by atoms with E-state index in [1.807, 2.05) is 0 Å². The normalized spacial score (nSPS) is 26.1. The monoisotopic (exact) mass is 283 g/mol. The van der Waals surface area contributed by atoms with Crippen molar-refractivity contribution in [1.82, 2.24) is 15.5 Å². The molecule has 1 aliphatic heterocycles. The molecule has 1 heterocycles. The third-order valence-corrected chi connectivity index (χ3v) is 4.73. The van der Waals surface area contributed by atoms with Crippen LogP contribution in [0.2, 0.25) is 0 Å². The van der Waals surface area contributed by atoms with Crippen LogP contribution in [0.3, 0.4) is 0 Å². The average Bonchev–Trinajstić information content (AvgIpc) is 2.42. The third kappa shape index (κ3) is 4.72. The number of amides is 1. The molecular weight excluding hydrogens is 254 g/mol. The highest BCUT2D eigenvalue weighted by Crippen LogP contribution is 2.39. The highest BCUT2D eigenvalue weighted by atomic mass is 16.3. The second kappa shape index (κ2) is 6.41. The minimum absolute atomic E-state index is 0.0326. The highest BCUT2D eigenvalue weighted by molar-refractivity contribution is 5.78. The lowest BCUT2D eigenvalue weighted by molar-refractivity contribution is -0.124.